The SMILES string of the molecule is CCC1=C(/C=C(\C)Br)CN(C2COCC(N)C2)C1. The van der Waals surface area contributed by atoms with Gasteiger partial charge in [-0.05, 0) is 35.9 Å². The first-order valence-electron chi connectivity index (χ1n) is 6.72. The van der Waals surface area contributed by atoms with E-state index in [9.17, 15) is 0 Å². The Kier molecular flexibility index (Phi) is 5.01. The first kappa shape index (κ1) is 14.3. The third kappa shape index (κ3) is 3.44. The van der Waals surface area contributed by atoms with Crippen LogP contribution in [0.2, 0.25) is 0 Å². The van der Waals surface area contributed by atoms with Crippen molar-refractivity contribution in [1.29, 1.82) is 0 Å². The van der Waals surface area contributed by atoms with E-state index in [0.29, 0.717) is 12.6 Å². The maximum atomic E-state index is 5.99. The fourth-order valence-corrected chi connectivity index (χ4v) is 3.09. The van der Waals surface area contributed by atoms with E-state index in [2.05, 4.69) is 40.8 Å². The first-order valence-corrected chi connectivity index (χ1v) is 7.51. The standard InChI is InChI=1S/C14H23BrN2O/c1-3-11-6-17(7-12(11)4-10(2)15)14-5-13(16)8-18-9-14/h4,13-14H,3,5-9,16H2,1-2H3/b10-4+. The van der Waals surface area contributed by atoms with Crippen molar-refractivity contribution in [2.45, 2.75) is 38.8 Å². The molecule has 2 heterocycles. The Balaban J connectivity index is 2.02. The highest BCUT2D eigenvalue weighted by atomic mass is 79.9. The molecule has 0 saturated carbocycles. The van der Waals surface area contributed by atoms with Crippen molar-refractivity contribution in [3.05, 3.63) is 21.7 Å². The summed E-state index contributed by atoms with van der Waals surface area (Å²) < 4.78 is 6.78. The molecule has 0 amide bonds. The number of ether oxygens (including phenoxy) is 1. The number of halogens is 1. The lowest BCUT2D eigenvalue weighted by Crippen LogP contribution is -2.47. The minimum Gasteiger partial charge on any atom is -0.378 e. The van der Waals surface area contributed by atoms with E-state index in [-0.39, 0.29) is 6.04 Å². The van der Waals surface area contributed by atoms with E-state index in [1.54, 1.807) is 5.57 Å². The summed E-state index contributed by atoms with van der Waals surface area (Å²) in [6, 6.07) is 0.683. The minimum atomic E-state index is 0.200. The van der Waals surface area contributed by atoms with Crippen molar-refractivity contribution < 1.29 is 4.74 Å². The van der Waals surface area contributed by atoms with Crippen LogP contribution in [0.1, 0.15) is 26.7 Å². The largest absolute Gasteiger partial charge is 0.378 e. The predicted molar refractivity (Wildman–Crippen MR) is 78.8 cm³/mol. The molecule has 18 heavy (non-hydrogen) atoms. The molecule has 0 aromatic rings. The molecule has 0 aromatic heterocycles. The molecule has 2 aliphatic heterocycles. The molecule has 0 radical (unpaired) electrons. The second kappa shape index (κ2) is 6.33. The zero-order valence-corrected chi connectivity index (χ0v) is 12.9. The zero-order chi connectivity index (χ0) is 13.1. The molecule has 2 aliphatic rings. The van der Waals surface area contributed by atoms with E-state index >= 15 is 0 Å². The van der Waals surface area contributed by atoms with Crippen LogP contribution >= 0.6 is 15.9 Å². The van der Waals surface area contributed by atoms with Gasteiger partial charge in [0.15, 0.2) is 0 Å². The third-order valence-electron chi connectivity index (χ3n) is 3.75. The van der Waals surface area contributed by atoms with Crippen LogP contribution in [0.15, 0.2) is 21.7 Å². The quantitative estimate of drug-likeness (QED) is 0.869. The summed E-state index contributed by atoms with van der Waals surface area (Å²) in [5.41, 5.74) is 9.00. The van der Waals surface area contributed by atoms with E-state index < -0.39 is 0 Å². The second-order valence-electron chi connectivity index (χ2n) is 5.31. The van der Waals surface area contributed by atoms with Gasteiger partial charge in [-0.25, -0.2) is 0 Å². The number of hydrogen-bond acceptors (Lipinski definition) is 3. The maximum absolute atomic E-state index is 5.99. The average Bonchev–Trinajstić information content (AvgIpc) is 2.71. The summed E-state index contributed by atoms with van der Waals surface area (Å²) >= 11 is 3.53. The van der Waals surface area contributed by atoms with Gasteiger partial charge in [-0.3, -0.25) is 4.90 Å². The minimum absolute atomic E-state index is 0.200. The number of rotatable bonds is 3. The molecule has 0 bridgehead atoms. The van der Waals surface area contributed by atoms with Gasteiger partial charge in [0.25, 0.3) is 0 Å². The second-order valence-corrected chi connectivity index (χ2v) is 6.56. The maximum Gasteiger partial charge on any atom is 0.0623 e. The van der Waals surface area contributed by atoms with Crippen LogP contribution in [0.4, 0.5) is 0 Å². The fourth-order valence-electron chi connectivity index (χ4n) is 2.81. The molecule has 102 valence electrons. The monoisotopic (exact) mass is 314 g/mol. The lowest BCUT2D eigenvalue weighted by atomic mass is 10.1. The third-order valence-corrected chi connectivity index (χ3v) is 3.98. The molecule has 2 atom stereocenters. The van der Waals surface area contributed by atoms with Crippen molar-refractivity contribution in [3.63, 3.8) is 0 Å². The van der Waals surface area contributed by atoms with Gasteiger partial charge in [-0.15, -0.1) is 0 Å². The molecule has 1 saturated heterocycles. The Morgan fingerprint density at radius 1 is 1.50 bits per heavy atom. The molecule has 4 heteroatoms. The summed E-state index contributed by atoms with van der Waals surface area (Å²) in [5, 5.41) is 0. The fraction of sp³-hybridized carbons (Fsp3) is 0.714. The Labute approximate surface area is 118 Å². The molecule has 2 rings (SSSR count). The first-order chi connectivity index (χ1) is 8.60. The van der Waals surface area contributed by atoms with Gasteiger partial charge in [-0.1, -0.05) is 28.4 Å². The molecule has 1 fully saturated rings. The lowest BCUT2D eigenvalue weighted by molar-refractivity contribution is 0.0163. The van der Waals surface area contributed by atoms with Crippen LogP contribution in [-0.2, 0) is 4.74 Å². The molecule has 0 aromatic carbocycles. The highest BCUT2D eigenvalue weighted by Crippen LogP contribution is 2.27. The highest BCUT2D eigenvalue weighted by Gasteiger charge is 2.30. The van der Waals surface area contributed by atoms with E-state index in [0.717, 1.165) is 32.5 Å². The van der Waals surface area contributed by atoms with Gasteiger partial charge in [0.2, 0.25) is 0 Å². The van der Waals surface area contributed by atoms with Crippen molar-refractivity contribution in [2.24, 2.45) is 5.73 Å². The zero-order valence-electron chi connectivity index (χ0n) is 11.3. The number of hydrogen-bond donors (Lipinski definition) is 1. The molecule has 2 unspecified atom stereocenters. The number of allylic oxidation sites excluding steroid dienone is 1. The molecule has 2 N–H and O–H groups in total. The van der Waals surface area contributed by atoms with Gasteiger partial charge in [0.1, 0.15) is 0 Å². The molecular weight excluding hydrogens is 292 g/mol. The predicted octanol–water partition coefficient (Wildman–Crippen LogP) is 2.42. The average molecular weight is 315 g/mol. The summed E-state index contributed by atoms with van der Waals surface area (Å²) in [5.74, 6) is 0. The molecule has 0 spiro atoms. The smallest absolute Gasteiger partial charge is 0.0623 e. The molecule has 3 nitrogen and oxygen atoms in total. The number of nitrogens with zero attached hydrogens (tertiary/aromatic N) is 1. The van der Waals surface area contributed by atoms with Crippen LogP contribution in [0.5, 0.6) is 0 Å². The Bertz CT molecular complexity index is 361. The van der Waals surface area contributed by atoms with Gasteiger partial charge >= 0.3 is 0 Å². The van der Waals surface area contributed by atoms with Crippen LogP contribution in [0, 0.1) is 0 Å². The van der Waals surface area contributed by atoms with E-state index in [1.165, 1.54) is 10.1 Å². The summed E-state index contributed by atoms with van der Waals surface area (Å²) in [6.07, 6.45) is 4.44. The van der Waals surface area contributed by atoms with Crippen LogP contribution in [0.25, 0.3) is 0 Å². The van der Waals surface area contributed by atoms with Gasteiger partial charge < -0.3 is 10.5 Å². The topological polar surface area (TPSA) is 38.5 Å². The van der Waals surface area contributed by atoms with Gasteiger partial charge in [0, 0.05) is 25.2 Å². The highest BCUT2D eigenvalue weighted by molar-refractivity contribution is 9.11. The van der Waals surface area contributed by atoms with Crippen molar-refractivity contribution in [2.75, 3.05) is 26.3 Å². The van der Waals surface area contributed by atoms with Crippen molar-refractivity contribution in [3.8, 4) is 0 Å². The molecule has 0 aliphatic carbocycles. The van der Waals surface area contributed by atoms with Crippen LogP contribution in [-0.4, -0.2) is 43.3 Å². The van der Waals surface area contributed by atoms with Crippen LogP contribution in [0.3, 0.4) is 0 Å². The lowest BCUT2D eigenvalue weighted by Gasteiger charge is -2.34. The Morgan fingerprint density at radius 2 is 2.28 bits per heavy atom. The summed E-state index contributed by atoms with van der Waals surface area (Å²) in [6.45, 7) is 7.97. The van der Waals surface area contributed by atoms with E-state index in [4.69, 9.17) is 10.5 Å². The van der Waals surface area contributed by atoms with Crippen molar-refractivity contribution >= 4 is 15.9 Å². The number of nitrogens with two attached hydrogens (primary N) is 1. The normalized spacial score (nSPS) is 31.2. The van der Waals surface area contributed by atoms with Crippen LogP contribution < -0.4 is 5.73 Å². The summed E-state index contributed by atoms with van der Waals surface area (Å²) in [4.78, 5) is 2.51. The van der Waals surface area contributed by atoms with Gasteiger partial charge in [0.05, 0.1) is 13.2 Å². The Morgan fingerprint density at radius 3 is 2.89 bits per heavy atom. The summed E-state index contributed by atoms with van der Waals surface area (Å²) in [7, 11) is 0. The molecular formula is C14H23BrN2O. The van der Waals surface area contributed by atoms with E-state index in [1.807, 2.05) is 0 Å². The Hall–Kier alpha value is -0.160. The van der Waals surface area contributed by atoms with Crippen molar-refractivity contribution in [1.82, 2.24) is 4.90 Å². The van der Waals surface area contributed by atoms with Gasteiger partial charge in [-0.2, -0.15) is 0 Å².